The molecule has 0 saturated carbocycles. The number of aromatic amines is 1. The summed E-state index contributed by atoms with van der Waals surface area (Å²) in [5, 5.41) is 22.0. The predicted molar refractivity (Wildman–Crippen MR) is 143 cm³/mol. The van der Waals surface area contributed by atoms with Crippen LogP contribution in [0.1, 0.15) is 52.0 Å². The van der Waals surface area contributed by atoms with Crippen LogP contribution < -0.4 is 21.8 Å². The summed E-state index contributed by atoms with van der Waals surface area (Å²) in [7, 11) is 0. The molecule has 206 valence electrons. The van der Waals surface area contributed by atoms with Crippen molar-refractivity contribution in [2.24, 2.45) is 0 Å². The van der Waals surface area contributed by atoms with Crippen molar-refractivity contribution in [1.82, 2.24) is 34.7 Å². The lowest BCUT2D eigenvalue weighted by atomic mass is 10.1. The molecule has 0 fully saturated rings. The summed E-state index contributed by atoms with van der Waals surface area (Å²) in [4.78, 5) is 65.5. The van der Waals surface area contributed by atoms with Crippen LogP contribution in [0.15, 0.2) is 64.3 Å². The standard InChI is InChI=1S/C27H27N7O6/c1-15(2)32-10-11-33-18(12-19(35)23(36)22(33)26(32)39)13-28-25(38)21(16-6-4-3-5-7-16)29-24(37)17-8-9-20-30-31-27(40)34(20)14-17/h3-9,12,14-15,21,36H,10-11,13H2,1-2H3,(H,28,38)(H,29,37)(H,31,40)/t21-/m1/s1. The Bertz CT molecular complexity index is 1740. The van der Waals surface area contributed by atoms with Gasteiger partial charge in [-0.3, -0.25) is 19.2 Å². The molecule has 1 aromatic carbocycles. The number of rotatable bonds is 7. The molecule has 3 amide bonds. The molecule has 1 atom stereocenters. The monoisotopic (exact) mass is 545 g/mol. The average molecular weight is 546 g/mol. The van der Waals surface area contributed by atoms with E-state index in [9.17, 15) is 29.1 Å². The fourth-order valence-electron chi connectivity index (χ4n) is 4.72. The Balaban J connectivity index is 1.40. The Morgan fingerprint density at radius 2 is 1.82 bits per heavy atom. The lowest BCUT2D eigenvalue weighted by molar-refractivity contribution is -0.123. The van der Waals surface area contributed by atoms with E-state index in [4.69, 9.17) is 0 Å². The van der Waals surface area contributed by atoms with Gasteiger partial charge >= 0.3 is 5.69 Å². The van der Waals surface area contributed by atoms with Crippen LogP contribution >= 0.6 is 0 Å². The summed E-state index contributed by atoms with van der Waals surface area (Å²) in [6, 6.07) is 11.5. The number of pyridine rings is 2. The molecule has 4 N–H and O–H groups in total. The van der Waals surface area contributed by atoms with E-state index in [0.717, 1.165) is 0 Å². The molecular weight excluding hydrogens is 518 g/mol. The molecule has 0 bridgehead atoms. The second-order valence-corrected chi connectivity index (χ2v) is 9.65. The summed E-state index contributed by atoms with van der Waals surface area (Å²) in [5.74, 6) is -2.26. The smallest absolute Gasteiger partial charge is 0.347 e. The molecule has 4 aromatic rings. The maximum Gasteiger partial charge on any atom is 0.347 e. The lowest BCUT2D eigenvalue weighted by Crippen LogP contribution is -2.46. The number of carbonyl (C=O) groups excluding carboxylic acids is 3. The molecule has 1 aliphatic rings. The lowest BCUT2D eigenvalue weighted by Gasteiger charge is -2.34. The fraction of sp³-hybridized carbons (Fsp3) is 0.259. The van der Waals surface area contributed by atoms with Crippen LogP contribution in [-0.2, 0) is 17.9 Å². The summed E-state index contributed by atoms with van der Waals surface area (Å²) in [6.45, 7) is 4.26. The quantitative estimate of drug-likeness (QED) is 0.263. The number of nitrogens with zero attached hydrogens (tertiary/aromatic N) is 4. The van der Waals surface area contributed by atoms with E-state index < -0.39 is 40.6 Å². The summed E-state index contributed by atoms with van der Waals surface area (Å²) < 4.78 is 2.71. The van der Waals surface area contributed by atoms with Gasteiger partial charge in [-0.25, -0.2) is 14.3 Å². The van der Waals surface area contributed by atoms with Crippen molar-refractivity contribution in [2.75, 3.05) is 6.54 Å². The normalized spacial score (nSPS) is 13.8. The van der Waals surface area contributed by atoms with Gasteiger partial charge in [-0.15, -0.1) is 0 Å². The number of nitrogens with one attached hydrogen (secondary N) is 3. The predicted octanol–water partition coefficient (Wildman–Crippen LogP) is 0.542. The van der Waals surface area contributed by atoms with Crippen molar-refractivity contribution in [3.8, 4) is 5.75 Å². The Hall–Kier alpha value is -5.20. The molecule has 4 heterocycles. The minimum absolute atomic E-state index is 0.116. The molecule has 0 unspecified atom stereocenters. The van der Waals surface area contributed by atoms with Crippen LogP contribution in [0.5, 0.6) is 5.75 Å². The maximum atomic E-state index is 13.4. The van der Waals surface area contributed by atoms with Crippen LogP contribution in [0.4, 0.5) is 0 Å². The molecule has 0 saturated heterocycles. The highest BCUT2D eigenvalue weighted by Crippen LogP contribution is 2.23. The van der Waals surface area contributed by atoms with E-state index in [1.807, 2.05) is 13.8 Å². The highest BCUT2D eigenvalue weighted by molar-refractivity contribution is 5.98. The van der Waals surface area contributed by atoms with E-state index in [-0.39, 0.29) is 23.8 Å². The largest absolute Gasteiger partial charge is 0.503 e. The van der Waals surface area contributed by atoms with Crippen molar-refractivity contribution in [3.05, 3.63) is 98.0 Å². The van der Waals surface area contributed by atoms with Gasteiger partial charge in [-0.2, -0.15) is 5.10 Å². The molecule has 0 radical (unpaired) electrons. The van der Waals surface area contributed by atoms with Crippen LogP contribution in [0.2, 0.25) is 0 Å². The topological polar surface area (TPSA) is 171 Å². The third-order valence-corrected chi connectivity index (χ3v) is 6.81. The molecule has 13 heteroatoms. The first-order chi connectivity index (χ1) is 19.2. The number of benzene rings is 1. The summed E-state index contributed by atoms with van der Waals surface area (Å²) >= 11 is 0. The van der Waals surface area contributed by atoms with Crippen LogP contribution in [0, 0.1) is 0 Å². The van der Waals surface area contributed by atoms with E-state index in [1.54, 1.807) is 35.2 Å². The van der Waals surface area contributed by atoms with Crippen molar-refractivity contribution in [2.45, 2.75) is 39.0 Å². The number of aromatic nitrogens is 4. The van der Waals surface area contributed by atoms with Gasteiger partial charge in [-0.05, 0) is 31.5 Å². The highest BCUT2D eigenvalue weighted by atomic mass is 16.3. The van der Waals surface area contributed by atoms with Crippen LogP contribution in [0.3, 0.4) is 0 Å². The number of H-pyrrole nitrogens is 1. The van der Waals surface area contributed by atoms with E-state index >= 15 is 0 Å². The first kappa shape index (κ1) is 26.4. The number of fused-ring (bicyclic) bond motifs is 2. The Morgan fingerprint density at radius 3 is 2.55 bits per heavy atom. The minimum Gasteiger partial charge on any atom is -0.503 e. The number of carbonyl (C=O) groups is 3. The third-order valence-electron chi connectivity index (χ3n) is 6.81. The van der Waals surface area contributed by atoms with Crippen LogP contribution in [0.25, 0.3) is 5.65 Å². The number of amides is 3. The van der Waals surface area contributed by atoms with Gasteiger partial charge in [-0.1, -0.05) is 30.3 Å². The van der Waals surface area contributed by atoms with Gasteiger partial charge in [0.1, 0.15) is 6.04 Å². The first-order valence-corrected chi connectivity index (χ1v) is 12.6. The highest BCUT2D eigenvalue weighted by Gasteiger charge is 2.32. The van der Waals surface area contributed by atoms with Crippen molar-refractivity contribution < 1.29 is 19.5 Å². The van der Waals surface area contributed by atoms with E-state index in [1.165, 1.54) is 33.4 Å². The Labute approximate surface area is 227 Å². The fourth-order valence-corrected chi connectivity index (χ4v) is 4.72. The minimum atomic E-state index is -1.12. The van der Waals surface area contributed by atoms with Crippen molar-refractivity contribution in [3.63, 3.8) is 0 Å². The van der Waals surface area contributed by atoms with Crippen LogP contribution in [-0.4, -0.2) is 59.5 Å². The van der Waals surface area contributed by atoms with Gasteiger partial charge in [0, 0.05) is 37.1 Å². The Kier molecular flexibility index (Phi) is 6.94. The van der Waals surface area contributed by atoms with Crippen molar-refractivity contribution in [1.29, 1.82) is 0 Å². The Morgan fingerprint density at radius 1 is 1.07 bits per heavy atom. The molecule has 5 rings (SSSR count). The zero-order valence-corrected chi connectivity index (χ0v) is 21.7. The van der Waals surface area contributed by atoms with Gasteiger partial charge in [0.15, 0.2) is 17.1 Å². The first-order valence-electron chi connectivity index (χ1n) is 12.6. The molecule has 3 aromatic heterocycles. The molecule has 0 spiro atoms. The molecule has 0 aliphatic carbocycles. The number of hydrogen-bond acceptors (Lipinski definition) is 7. The van der Waals surface area contributed by atoms with Gasteiger partial charge < -0.3 is 25.2 Å². The second-order valence-electron chi connectivity index (χ2n) is 9.65. The molecular formula is C27H27N7O6. The van der Waals surface area contributed by atoms with Crippen molar-refractivity contribution >= 4 is 23.4 Å². The third kappa shape index (κ3) is 4.84. The summed E-state index contributed by atoms with van der Waals surface area (Å²) in [6.07, 6.45) is 1.32. The SMILES string of the molecule is CC(C)N1CCn2c(CNC(=O)[C@H](NC(=O)c3ccc4n[nH]c(=O)n4c3)c3ccccc3)cc(=O)c(O)c2C1=O. The average Bonchev–Trinajstić information content (AvgIpc) is 3.32. The van der Waals surface area contributed by atoms with Gasteiger partial charge in [0.05, 0.1) is 12.1 Å². The van der Waals surface area contributed by atoms with Gasteiger partial charge in [0.25, 0.3) is 11.8 Å². The number of aromatic hydroxyl groups is 1. The molecule has 40 heavy (non-hydrogen) atoms. The second kappa shape index (κ2) is 10.5. The summed E-state index contributed by atoms with van der Waals surface area (Å²) in [5.41, 5.74) is -0.0434. The van der Waals surface area contributed by atoms with E-state index in [2.05, 4.69) is 20.8 Å². The maximum absolute atomic E-state index is 13.4. The number of hydrogen-bond donors (Lipinski definition) is 4. The molecule has 13 nitrogen and oxygen atoms in total. The molecule has 1 aliphatic heterocycles. The van der Waals surface area contributed by atoms with Gasteiger partial charge in [0.2, 0.25) is 11.3 Å². The van der Waals surface area contributed by atoms with E-state index in [0.29, 0.717) is 30.0 Å². The zero-order valence-electron chi connectivity index (χ0n) is 21.7. The zero-order chi connectivity index (χ0) is 28.6.